The molecule has 3 N–H and O–H groups in total. The molecule has 40 heavy (non-hydrogen) atoms. The molecule has 0 aromatic heterocycles. The van der Waals surface area contributed by atoms with Gasteiger partial charge in [-0.25, -0.2) is 9.80 Å². The number of hydrazine groups is 1. The summed E-state index contributed by atoms with van der Waals surface area (Å²) in [7, 11) is 5.33. The van der Waals surface area contributed by atoms with Gasteiger partial charge in [-0.15, -0.1) is 0 Å². The van der Waals surface area contributed by atoms with E-state index in [-0.39, 0.29) is 22.0 Å². The van der Waals surface area contributed by atoms with Crippen LogP contribution in [-0.4, -0.2) is 80.4 Å². The molecule has 0 unspecified atom stereocenters. The topological polar surface area (TPSA) is 103 Å². The number of carbonyl (C=O) groups excluding carboxylic acids is 1. The van der Waals surface area contributed by atoms with Crippen molar-refractivity contribution in [1.29, 1.82) is 0 Å². The van der Waals surface area contributed by atoms with Crippen LogP contribution in [0.1, 0.15) is 15.9 Å². The summed E-state index contributed by atoms with van der Waals surface area (Å²) < 4.78 is 11.5. The van der Waals surface area contributed by atoms with Crippen molar-refractivity contribution in [3.63, 3.8) is 0 Å². The van der Waals surface area contributed by atoms with Crippen LogP contribution >= 0.6 is 23.2 Å². The first-order valence-electron chi connectivity index (χ1n) is 12.7. The van der Waals surface area contributed by atoms with Gasteiger partial charge in [0, 0.05) is 44.7 Å². The molecule has 11 heteroatoms. The molecule has 1 atom stereocenters. The largest absolute Gasteiger partial charge is 0.496 e. The van der Waals surface area contributed by atoms with E-state index in [1.807, 2.05) is 36.4 Å². The van der Waals surface area contributed by atoms with Crippen LogP contribution in [-0.2, 0) is 11.2 Å². The first-order valence-corrected chi connectivity index (χ1v) is 13.5. The molecule has 0 bridgehead atoms. The number of amides is 1. The molecule has 1 amide bonds. The second-order valence-corrected chi connectivity index (χ2v) is 10.3. The molecule has 1 aliphatic rings. The Labute approximate surface area is 243 Å². The number of halogens is 2. The number of benzene rings is 3. The van der Waals surface area contributed by atoms with Gasteiger partial charge in [-0.2, -0.15) is 0 Å². The highest BCUT2D eigenvalue weighted by Gasteiger charge is 2.24. The van der Waals surface area contributed by atoms with Crippen molar-refractivity contribution in [2.24, 2.45) is 0 Å². The fourth-order valence-electron chi connectivity index (χ4n) is 4.55. The van der Waals surface area contributed by atoms with E-state index < -0.39 is 17.9 Å². The molecular weight excluding hydrogens is 555 g/mol. The number of hydrogen-bond donors (Lipinski definition) is 3. The Balaban J connectivity index is 1.52. The maximum Gasteiger partial charge on any atom is 0.326 e. The monoisotopic (exact) mass is 586 g/mol. The molecule has 3 aromatic carbocycles. The highest BCUT2D eigenvalue weighted by atomic mass is 35.5. The number of anilines is 1. The number of carbonyl (C=O) groups is 2. The number of nitrogens with one attached hydrogen (secondary N) is 2. The van der Waals surface area contributed by atoms with Gasteiger partial charge in [-0.1, -0.05) is 53.5 Å². The van der Waals surface area contributed by atoms with E-state index in [0.717, 1.165) is 43.0 Å². The minimum Gasteiger partial charge on any atom is -0.496 e. The molecule has 4 rings (SSSR count). The van der Waals surface area contributed by atoms with Crippen molar-refractivity contribution in [2.75, 3.05) is 52.9 Å². The normalized spacial score (nSPS) is 14.8. The lowest BCUT2D eigenvalue weighted by molar-refractivity contribution is -0.139. The van der Waals surface area contributed by atoms with Crippen LogP contribution in [0.25, 0.3) is 11.1 Å². The lowest BCUT2D eigenvalue weighted by Gasteiger charge is -2.33. The van der Waals surface area contributed by atoms with Crippen LogP contribution in [0.2, 0.25) is 10.0 Å². The third-order valence-electron chi connectivity index (χ3n) is 6.77. The minimum absolute atomic E-state index is 0.0391. The Morgan fingerprint density at radius 2 is 1.52 bits per heavy atom. The molecule has 1 saturated heterocycles. The van der Waals surface area contributed by atoms with Gasteiger partial charge in [0.25, 0.3) is 5.91 Å². The van der Waals surface area contributed by atoms with E-state index in [1.165, 1.54) is 12.1 Å². The summed E-state index contributed by atoms with van der Waals surface area (Å²) >= 11 is 12.2. The molecule has 9 nitrogen and oxygen atoms in total. The zero-order chi connectivity index (χ0) is 28.8. The lowest BCUT2D eigenvalue weighted by atomic mass is 9.98. The van der Waals surface area contributed by atoms with Gasteiger partial charge in [0.2, 0.25) is 0 Å². The summed E-state index contributed by atoms with van der Waals surface area (Å²) in [5.41, 5.74) is 6.67. The Morgan fingerprint density at radius 1 is 0.950 bits per heavy atom. The number of methoxy groups -OCH3 is 2. The molecule has 0 aliphatic carbocycles. The van der Waals surface area contributed by atoms with Gasteiger partial charge in [-0.05, 0) is 30.3 Å². The quantitative estimate of drug-likeness (QED) is 0.315. The maximum atomic E-state index is 12.8. The van der Waals surface area contributed by atoms with Gasteiger partial charge in [0.15, 0.2) is 0 Å². The number of rotatable bonds is 10. The van der Waals surface area contributed by atoms with Gasteiger partial charge >= 0.3 is 5.97 Å². The van der Waals surface area contributed by atoms with E-state index in [1.54, 1.807) is 20.3 Å². The lowest BCUT2D eigenvalue weighted by Crippen LogP contribution is -2.46. The van der Waals surface area contributed by atoms with Crippen LogP contribution < -0.4 is 20.2 Å². The van der Waals surface area contributed by atoms with Crippen LogP contribution in [0.15, 0.2) is 54.6 Å². The molecule has 0 radical (unpaired) electrons. The molecular formula is C29H32Cl2N4O5. The summed E-state index contributed by atoms with van der Waals surface area (Å²) in [6.45, 7) is 3.75. The first-order chi connectivity index (χ1) is 19.2. The average molecular weight is 588 g/mol. The number of ether oxygens (including phenoxy) is 2. The number of carboxylic acid groups (broad SMARTS) is 1. The predicted molar refractivity (Wildman–Crippen MR) is 157 cm³/mol. The van der Waals surface area contributed by atoms with Gasteiger partial charge in [0.05, 0.1) is 41.1 Å². The van der Waals surface area contributed by atoms with E-state index >= 15 is 0 Å². The number of likely N-dealkylation sites (N-methyl/N-ethyl adjacent to an activating group) is 1. The van der Waals surface area contributed by atoms with Crippen LogP contribution in [0.4, 0.5) is 5.69 Å². The highest BCUT2D eigenvalue weighted by molar-refractivity contribution is 6.39. The maximum absolute atomic E-state index is 12.8. The number of nitrogens with zero attached hydrogens (tertiary/aromatic N) is 2. The Bertz CT molecular complexity index is 1320. The standard InChI is InChI=1S/C29H32Cl2N4O5/c1-34-11-13-35(14-12-34)33-20-16-24(39-2)26(25(17-20)40-3)19-9-7-18(8-10-19)15-23(29(37)38)32-28(36)27-21(30)5-4-6-22(27)31/h4-10,16-17,23,33H,11-15H2,1-3H3,(H,32,36)(H,37,38)/t23-/m0/s1. The summed E-state index contributed by atoms with van der Waals surface area (Å²) in [6, 6.07) is 14.7. The number of aliphatic carboxylic acids is 1. The van der Waals surface area contributed by atoms with Crippen LogP contribution in [0, 0.1) is 0 Å². The Morgan fingerprint density at radius 3 is 2.05 bits per heavy atom. The second-order valence-electron chi connectivity index (χ2n) is 9.52. The zero-order valence-corrected chi connectivity index (χ0v) is 24.1. The zero-order valence-electron chi connectivity index (χ0n) is 22.5. The fourth-order valence-corrected chi connectivity index (χ4v) is 5.12. The average Bonchev–Trinajstić information content (AvgIpc) is 2.93. The molecule has 0 spiro atoms. The van der Waals surface area contributed by atoms with Crippen molar-refractivity contribution < 1.29 is 24.2 Å². The van der Waals surface area contributed by atoms with Gasteiger partial charge in [0.1, 0.15) is 17.5 Å². The van der Waals surface area contributed by atoms with Gasteiger partial charge in [-0.3, -0.25) is 4.79 Å². The van der Waals surface area contributed by atoms with Crippen molar-refractivity contribution in [3.8, 4) is 22.6 Å². The Hall–Kier alpha value is -3.50. The fraction of sp³-hybridized carbons (Fsp3) is 0.310. The molecule has 1 fully saturated rings. The number of piperazine rings is 1. The van der Waals surface area contributed by atoms with Crippen LogP contribution in [0.5, 0.6) is 11.5 Å². The summed E-state index contributed by atoms with van der Waals surface area (Å²) in [5, 5.41) is 14.8. The van der Waals surface area contributed by atoms with E-state index in [0.29, 0.717) is 17.1 Å². The number of carboxylic acids is 1. The Kier molecular flexibility index (Phi) is 9.76. The van der Waals surface area contributed by atoms with Gasteiger partial charge < -0.3 is 30.2 Å². The summed E-state index contributed by atoms with van der Waals surface area (Å²) in [4.78, 5) is 27.0. The second kappa shape index (κ2) is 13.2. The van der Waals surface area contributed by atoms with Crippen LogP contribution in [0.3, 0.4) is 0 Å². The predicted octanol–water partition coefficient (Wildman–Crippen LogP) is 4.68. The SMILES string of the molecule is COc1cc(NN2CCN(C)CC2)cc(OC)c1-c1ccc(C[C@H](NC(=O)c2c(Cl)cccc2Cl)C(=O)O)cc1. The molecule has 212 valence electrons. The van der Waals surface area contributed by atoms with E-state index in [2.05, 4.69) is 27.7 Å². The molecule has 0 saturated carbocycles. The molecule has 1 heterocycles. The summed E-state index contributed by atoms with van der Waals surface area (Å²) in [6.07, 6.45) is 0.0611. The van der Waals surface area contributed by atoms with Crippen molar-refractivity contribution in [3.05, 3.63) is 75.8 Å². The smallest absolute Gasteiger partial charge is 0.326 e. The summed E-state index contributed by atoms with van der Waals surface area (Å²) in [5.74, 6) is -0.557. The van der Waals surface area contributed by atoms with Crippen molar-refractivity contribution >= 4 is 40.8 Å². The van der Waals surface area contributed by atoms with E-state index in [9.17, 15) is 14.7 Å². The highest BCUT2D eigenvalue weighted by Crippen LogP contribution is 2.41. The third kappa shape index (κ3) is 6.98. The van der Waals surface area contributed by atoms with Crippen molar-refractivity contribution in [1.82, 2.24) is 15.2 Å². The molecule has 1 aliphatic heterocycles. The minimum atomic E-state index is -1.19. The molecule has 3 aromatic rings. The number of hydrogen-bond acceptors (Lipinski definition) is 7. The van der Waals surface area contributed by atoms with E-state index in [4.69, 9.17) is 32.7 Å². The third-order valence-corrected chi connectivity index (χ3v) is 7.40. The first kappa shape index (κ1) is 29.5. The van der Waals surface area contributed by atoms with Crippen molar-refractivity contribution in [2.45, 2.75) is 12.5 Å².